The van der Waals surface area contributed by atoms with Gasteiger partial charge < -0.3 is 10.2 Å². The van der Waals surface area contributed by atoms with Gasteiger partial charge in [0.2, 0.25) is 0 Å². The first kappa shape index (κ1) is 17.0. The number of carbonyl (C=O) groups excluding carboxylic acids is 1. The van der Waals surface area contributed by atoms with E-state index in [4.69, 9.17) is 0 Å². The lowest BCUT2D eigenvalue weighted by Gasteiger charge is -2.38. The quantitative estimate of drug-likeness (QED) is 0.656. The highest BCUT2D eigenvalue weighted by Gasteiger charge is 2.33. The normalized spacial score (nSPS) is 16.3. The van der Waals surface area contributed by atoms with Gasteiger partial charge in [0.05, 0.1) is 10.5 Å². The highest BCUT2D eigenvalue weighted by molar-refractivity contribution is 6.01. The molecule has 0 fully saturated rings. The molecule has 0 unspecified atom stereocenters. The van der Waals surface area contributed by atoms with Crippen LogP contribution in [0.4, 0.5) is 11.4 Å². The predicted octanol–water partition coefficient (Wildman–Crippen LogP) is 4.13. The van der Waals surface area contributed by atoms with Crippen LogP contribution in [-0.4, -0.2) is 22.3 Å². The fourth-order valence-corrected chi connectivity index (χ4v) is 3.25. The fraction of sp³-hybridized carbons (Fsp3) is 0.316. The third-order valence-electron chi connectivity index (χ3n) is 4.49. The summed E-state index contributed by atoms with van der Waals surface area (Å²) in [5.74, 6) is -0.0524. The molecule has 25 heavy (non-hydrogen) atoms. The average molecular weight is 339 g/mol. The van der Waals surface area contributed by atoms with Crippen LogP contribution in [-0.2, 0) is 6.42 Å². The second kappa shape index (κ2) is 6.93. The van der Waals surface area contributed by atoms with Gasteiger partial charge in [0, 0.05) is 29.4 Å². The van der Waals surface area contributed by atoms with Gasteiger partial charge in [0.25, 0.3) is 11.6 Å². The van der Waals surface area contributed by atoms with E-state index in [1.807, 2.05) is 38.1 Å². The van der Waals surface area contributed by atoms with E-state index in [2.05, 4.69) is 5.32 Å². The number of nitrogens with one attached hydrogen (secondary N) is 1. The fourth-order valence-electron chi connectivity index (χ4n) is 3.25. The maximum absolute atomic E-state index is 12.9. The second-order valence-corrected chi connectivity index (χ2v) is 6.09. The summed E-state index contributed by atoms with van der Waals surface area (Å²) in [6, 6.07) is 12.6. The molecule has 2 aromatic carbocycles. The van der Waals surface area contributed by atoms with Crippen LogP contribution >= 0.6 is 0 Å². The molecule has 6 nitrogen and oxygen atoms in total. The second-order valence-electron chi connectivity index (χ2n) is 6.09. The number of rotatable bonds is 5. The third-order valence-corrected chi connectivity index (χ3v) is 4.49. The van der Waals surface area contributed by atoms with Crippen LogP contribution in [0, 0.1) is 10.1 Å². The Hall–Kier alpha value is -2.89. The minimum Gasteiger partial charge on any atom is -0.361 e. The number of benzene rings is 2. The molecule has 1 aliphatic rings. The SMILES string of the molecule is CCCN1C(=O)c2ccccc2N[C@@H]1c1ccc(CC)c([N+](=O)[O-])c1. The van der Waals surface area contributed by atoms with E-state index in [0.29, 0.717) is 24.1 Å². The molecule has 1 atom stereocenters. The van der Waals surface area contributed by atoms with Gasteiger partial charge in [-0.3, -0.25) is 14.9 Å². The van der Waals surface area contributed by atoms with Crippen molar-refractivity contribution in [1.82, 2.24) is 4.90 Å². The first-order chi connectivity index (χ1) is 12.1. The first-order valence-corrected chi connectivity index (χ1v) is 8.50. The van der Waals surface area contributed by atoms with Crippen LogP contribution < -0.4 is 5.32 Å². The highest BCUT2D eigenvalue weighted by Crippen LogP contribution is 2.35. The number of amides is 1. The number of nitro benzene ring substituents is 1. The lowest BCUT2D eigenvalue weighted by atomic mass is 10.0. The summed E-state index contributed by atoms with van der Waals surface area (Å²) in [5, 5.41) is 14.8. The Labute approximate surface area is 146 Å². The highest BCUT2D eigenvalue weighted by atomic mass is 16.6. The molecule has 1 heterocycles. The molecule has 0 bridgehead atoms. The summed E-state index contributed by atoms with van der Waals surface area (Å²) in [6.45, 7) is 4.48. The third kappa shape index (κ3) is 3.07. The molecule has 1 N–H and O–H groups in total. The van der Waals surface area contributed by atoms with Crippen LogP contribution in [0.25, 0.3) is 0 Å². The Bertz CT molecular complexity index is 819. The zero-order chi connectivity index (χ0) is 18.0. The molecule has 130 valence electrons. The summed E-state index contributed by atoms with van der Waals surface area (Å²) in [4.78, 5) is 25.7. The van der Waals surface area contributed by atoms with Crippen molar-refractivity contribution in [2.24, 2.45) is 0 Å². The molecule has 0 aromatic heterocycles. The maximum Gasteiger partial charge on any atom is 0.272 e. The maximum atomic E-state index is 12.9. The number of para-hydroxylation sites is 1. The predicted molar refractivity (Wildman–Crippen MR) is 96.6 cm³/mol. The van der Waals surface area contributed by atoms with Crippen LogP contribution in [0.2, 0.25) is 0 Å². The zero-order valence-corrected chi connectivity index (χ0v) is 14.4. The van der Waals surface area contributed by atoms with Crippen molar-refractivity contribution in [3.05, 3.63) is 69.3 Å². The molecule has 0 saturated heterocycles. The number of aryl methyl sites for hydroxylation is 1. The van der Waals surface area contributed by atoms with Gasteiger partial charge in [-0.2, -0.15) is 0 Å². The Balaban J connectivity index is 2.07. The molecule has 2 aromatic rings. The summed E-state index contributed by atoms with van der Waals surface area (Å²) in [5.41, 5.74) is 2.90. The van der Waals surface area contributed by atoms with Crippen LogP contribution in [0.1, 0.15) is 47.9 Å². The monoisotopic (exact) mass is 339 g/mol. The smallest absolute Gasteiger partial charge is 0.272 e. The van der Waals surface area contributed by atoms with Gasteiger partial charge in [-0.25, -0.2) is 0 Å². The van der Waals surface area contributed by atoms with Crippen molar-refractivity contribution in [2.45, 2.75) is 32.9 Å². The summed E-state index contributed by atoms with van der Waals surface area (Å²) in [7, 11) is 0. The molecule has 3 rings (SSSR count). The minimum atomic E-state index is -0.410. The van der Waals surface area contributed by atoms with Crippen molar-refractivity contribution >= 4 is 17.3 Å². The molecule has 0 saturated carbocycles. The molecule has 1 amide bonds. The van der Waals surface area contributed by atoms with Crippen LogP contribution in [0.15, 0.2) is 42.5 Å². The number of carbonyl (C=O) groups is 1. The van der Waals surface area contributed by atoms with Gasteiger partial charge in [0.15, 0.2) is 0 Å². The van der Waals surface area contributed by atoms with Gasteiger partial charge in [-0.15, -0.1) is 0 Å². The molecule has 0 radical (unpaired) electrons. The van der Waals surface area contributed by atoms with Gasteiger partial charge in [0.1, 0.15) is 6.17 Å². The van der Waals surface area contributed by atoms with Gasteiger partial charge in [-0.1, -0.05) is 38.1 Å². The van der Waals surface area contributed by atoms with Gasteiger partial charge in [-0.05, 0) is 25.0 Å². The summed E-state index contributed by atoms with van der Waals surface area (Å²) < 4.78 is 0. The Kier molecular flexibility index (Phi) is 4.70. The first-order valence-electron chi connectivity index (χ1n) is 8.50. The number of nitro groups is 1. The number of nitrogens with zero attached hydrogens (tertiary/aromatic N) is 2. The molecule has 6 heteroatoms. The zero-order valence-electron chi connectivity index (χ0n) is 14.4. The van der Waals surface area contributed by atoms with Crippen molar-refractivity contribution in [3.8, 4) is 0 Å². The number of hydrogen-bond acceptors (Lipinski definition) is 4. The average Bonchev–Trinajstić information content (AvgIpc) is 2.63. The lowest BCUT2D eigenvalue weighted by molar-refractivity contribution is -0.385. The van der Waals surface area contributed by atoms with E-state index in [1.165, 1.54) is 0 Å². The molecular formula is C19H21N3O3. The van der Waals surface area contributed by atoms with Crippen molar-refractivity contribution in [1.29, 1.82) is 0 Å². The Morgan fingerprint density at radius 3 is 2.64 bits per heavy atom. The van der Waals surface area contributed by atoms with E-state index in [9.17, 15) is 14.9 Å². The van der Waals surface area contributed by atoms with Gasteiger partial charge >= 0.3 is 0 Å². The number of anilines is 1. The summed E-state index contributed by atoms with van der Waals surface area (Å²) >= 11 is 0. The molecular weight excluding hydrogens is 318 g/mol. The molecule has 0 spiro atoms. The summed E-state index contributed by atoms with van der Waals surface area (Å²) in [6.07, 6.45) is 0.989. The van der Waals surface area contributed by atoms with E-state index in [-0.39, 0.29) is 16.5 Å². The molecule has 0 aliphatic carbocycles. The number of fused-ring (bicyclic) bond motifs is 1. The van der Waals surface area contributed by atoms with E-state index in [1.54, 1.807) is 23.1 Å². The van der Waals surface area contributed by atoms with Crippen molar-refractivity contribution < 1.29 is 9.72 Å². The standard InChI is InChI=1S/C19H21N3O3/c1-3-11-21-18(20-16-8-6-5-7-15(16)19(21)23)14-10-9-13(4-2)17(12-14)22(24)25/h5-10,12,18,20H,3-4,11H2,1-2H3/t18-/m0/s1. The topological polar surface area (TPSA) is 75.5 Å². The van der Waals surface area contributed by atoms with Crippen molar-refractivity contribution in [2.75, 3.05) is 11.9 Å². The van der Waals surface area contributed by atoms with E-state index < -0.39 is 6.17 Å². The number of hydrogen-bond donors (Lipinski definition) is 1. The Morgan fingerprint density at radius 2 is 1.96 bits per heavy atom. The Morgan fingerprint density at radius 1 is 1.20 bits per heavy atom. The van der Waals surface area contributed by atoms with E-state index in [0.717, 1.165) is 17.7 Å². The lowest BCUT2D eigenvalue weighted by Crippen LogP contribution is -2.43. The van der Waals surface area contributed by atoms with E-state index >= 15 is 0 Å². The van der Waals surface area contributed by atoms with Crippen molar-refractivity contribution in [3.63, 3.8) is 0 Å². The van der Waals surface area contributed by atoms with Crippen LogP contribution in [0.5, 0.6) is 0 Å². The minimum absolute atomic E-state index is 0.0524. The van der Waals surface area contributed by atoms with Crippen LogP contribution in [0.3, 0.4) is 0 Å². The largest absolute Gasteiger partial charge is 0.361 e. The molecule has 1 aliphatic heterocycles.